The molecule has 1 fully saturated rings. The third kappa shape index (κ3) is 2.98. The summed E-state index contributed by atoms with van der Waals surface area (Å²) in [6, 6.07) is 2.70. The third-order valence-electron chi connectivity index (χ3n) is 3.05. The van der Waals surface area contributed by atoms with Gasteiger partial charge in [-0.25, -0.2) is 9.18 Å². The lowest BCUT2D eigenvalue weighted by atomic mass is 10.1. The Morgan fingerprint density at radius 2 is 2.33 bits per heavy atom. The molecule has 1 unspecified atom stereocenters. The second-order valence-electron chi connectivity index (χ2n) is 4.51. The van der Waals surface area contributed by atoms with Crippen molar-refractivity contribution in [1.29, 1.82) is 0 Å². The lowest BCUT2D eigenvalue weighted by molar-refractivity contribution is -0.143. The predicted octanol–water partition coefficient (Wildman–Crippen LogP) is 1.74. The topological polar surface area (TPSA) is 58.6 Å². The molecule has 98 valence electrons. The Balaban J connectivity index is 2.19. The lowest BCUT2D eigenvalue weighted by Gasteiger charge is -2.17. The zero-order chi connectivity index (χ0) is 13.1. The summed E-state index contributed by atoms with van der Waals surface area (Å²) < 4.78 is 17.9. The monoisotopic (exact) mass is 253 g/mol. The molecule has 0 aromatic heterocycles. The van der Waals surface area contributed by atoms with Crippen molar-refractivity contribution in [2.45, 2.75) is 18.9 Å². The highest BCUT2D eigenvalue weighted by molar-refractivity contribution is 5.78. The van der Waals surface area contributed by atoms with Gasteiger partial charge in [0.05, 0.1) is 7.11 Å². The van der Waals surface area contributed by atoms with Crippen LogP contribution in [0.15, 0.2) is 18.2 Å². The molecular weight excluding hydrogens is 237 g/mol. The first-order valence-electron chi connectivity index (χ1n) is 5.91. The van der Waals surface area contributed by atoms with E-state index in [1.165, 1.54) is 13.2 Å². The van der Waals surface area contributed by atoms with Crippen LogP contribution in [0.1, 0.15) is 24.4 Å². The van der Waals surface area contributed by atoms with Crippen molar-refractivity contribution in [2.24, 2.45) is 5.92 Å². The summed E-state index contributed by atoms with van der Waals surface area (Å²) in [5.41, 5.74) is 0.211. The number of aromatic hydroxyl groups is 1. The van der Waals surface area contributed by atoms with Crippen LogP contribution in [0.4, 0.5) is 4.39 Å². The van der Waals surface area contributed by atoms with Crippen LogP contribution in [-0.4, -0.2) is 24.7 Å². The number of methoxy groups -OCH3 is 1. The molecule has 4 nitrogen and oxygen atoms in total. The van der Waals surface area contributed by atoms with E-state index >= 15 is 0 Å². The van der Waals surface area contributed by atoms with Gasteiger partial charge in [0, 0.05) is 5.56 Å². The molecule has 0 aliphatic heterocycles. The summed E-state index contributed by atoms with van der Waals surface area (Å²) in [4.78, 5) is 11.7. The number of ether oxygens (including phenoxy) is 1. The lowest BCUT2D eigenvalue weighted by Crippen LogP contribution is -2.31. The molecule has 1 aromatic carbocycles. The molecule has 1 aromatic rings. The van der Waals surface area contributed by atoms with Crippen LogP contribution in [0.5, 0.6) is 5.75 Å². The molecule has 2 N–H and O–H groups in total. The molecule has 18 heavy (non-hydrogen) atoms. The Labute approximate surface area is 105 Å². The van der Waals surface area contributed by atoms with Gasteiger partial charge in [-0.1, -0.05) is 0 Å². The molecule has 5 heteroatoms. The molecule has 1 atom stereocenters. The second-order valence-corrected chi connectivity index (χ2v) is 4.51. The standard InChI is InChI=1S/C13H16FNO3/c1-18-13(17)12(15-7-8-2-3-8)10-6-9(14)4-5-11(10)16/h4-6,8,12,15-16H,2-3,7H2,1H3. The van der Waals surface area contributed by atoms with Crippen LogP contribution in [0.3, 0.4) is 0 Å². The molecule has 0 spiro atoms. The van der Waals surface area contributed by atoms with Crippen LogP contribution >= 0.6 is 0 Å². The van der Waals surface area contributed by atoms with Crippen LogP contribution in [0.25, 0.3) is 0 Å². The van der Waals surface area contributed by atoms with Gasteiger partial charge in [0.1, 0.15) is 17.6 Å². The number of carbonyl (C=O) groups is 1. The first-order chi connectivity index (χ1) is 8.61. The van der Waals surface area contributed by atoms with Crippen LogP contribution in [0.2, 0.25) is 0 Å². The van der Waals surface area contributed by atoms with Crippen molar-refractivity contribution < 1.29 is 19.0 Å². The minimum atomic E-state index is -0.828. The molecular formula is C13H16FNO3. The number of rotatable bonds is 5. The summed E-state index contributed by atoms with van der Waals surface area (Å²) in [6.07, 6.45) is 2.27. The molecule has 1 aliphatic carbocycles. The quantitative estimate of drug-likeness (QED) is 0.785. The van der Waals surface area contributed by atoms with E-state index in [4.69, 9.17) is 0 Å². The normalized spacial score (nSPS) is 16.3. The number of carbonyl (C=O) groups excluding carboxylic acids is 1. The summed E-state index contributed by atoms with van der Waals surface area (Å²) in [5, 5.41) is 12.7. The fourth-order valence-corrected chi connectivity index (χ4v) is 1.80. The van der Waals surface area contributed by atoms with E-state index < -0.39 is 17.8 Å². The Kier molecular flexibility index (Phi) is 3.81. The molecule has 2 rings (SSSR count). The average molecular weight is 253 g/mol. The molecule has 0 radical (unpaired) electrons. The third-order valence-corrected chi connectivity index (χ3v) is 3.05. The van der Waals surface area contributed by atoms with E-state index in [-0.39, 0.29) is 11.3 Å². The van der Waals surface area contributed by atoms with E-state index in [0.717, 1.165) is 25.0 Å². The van der Waals surface area contributed by atoms with Crippen molar-refractivity contribution in [1.82, 2.24) is 5.32 Å². The molecule has 0 amide bonds. The minimum Gasteiger partial charge on any atom is -0.508 e. The highest BCUT2D eigenvalue weighted by atomic mass is 19.1. The molecule has 0 saturated heterocycles. The zero-order valence-corrected chi connectivity index (χ0v) is 10.1. The molecule has 1 aliphatic rings. The SMILES string of the molecule is COC(=O)C(NCC1CC1)c1cc(F)ccc1O. The number of hydrogen-bond donors (Lipinski definition) is 2. The minimum absolute atomic E-state index is 0.116. The van der Waals surface area contributed by atoms with Gasteiger partial charge in [0.25, 0.3) is 0 Å². The van der Waals surface area contributed by atoms with Crippen molar-refractivity contribution >= 4 is 5.97 Å². The molecule has 0 heterocycles. The van der Waals surface area contributed by atoms with E-state index in [2.05, 4.69) is 10.1 Å². The van der Waals surface area contributed by atoms with Crippen LogP contribution < -0.4 is 5.32 Å². The van der Waals surface area contributed by atoms with E-state index in [1.54, 1.807) is 0 Å². The van der Waals surface area contributed by atoms with E-state index in [0.29, 0.717) is 12.5 Å². The van der Waals surface area contributed by atoms with Crippen molar-refractivity contribution in [2.75, 3.05) is 13.7 Å². The smallest absolute Gasteiger partial charge is 0.327 e. The van der Waals surface area contributed by atoms with Crippen molar-refractivity contribution in [3.05, 3.63) is 29.6 Å². The summed E-state index contributed by atoms with van der Waals surface area (Å²) in [6.45, 7) is 0.662. The number of phenols is 1. The predicted molar refractivity (Wildman–Crippen MR) is 63.5 cm³/mol. The van der Waals surface area contributed by atoms with Crippen molar-refractivity contribution in [3.8, 4) is 5.75 Å². The largest absolute Gasteiger partial charge is 0.508 e. The summed E-state index contributed by atoms with van der Waals surface area (Å²) >= 11 is 0. The first-order valence-corrected chi connectivity index (χ1v) is 5.91. The van der Waals surface area contributed by atoms with Gasteiger partial charge in [-0.15, -0.1) is 0 Å². The van der Waals surface area contributed by atoms with Gasteiger partial charge in [0.2, 0.25) is 0 Å². The molecule has 0 bridgehead atoms. The fraction of sp³-hybridized carbons (Fsp3) is 0.462. The summed E-state index contributed by atoms with van der Waals surface area (Å²) in [7, 11) is 1.27. The Morgan fingerprint density at radius 3 is 2.94 bits per heavy atom. The maximum absolute atomic E-state index is 13.2. The number of halogens is 1. The van der Waals surface area contributed by atoms with E-state index in [9.17, 15) is 14.3 Å². The van der Waals surface area contributed by atoms with Gasteiger partial charge < -0.3 is 15.2 Å². The first kappa shape index (κ1) is 12.8. The number of hydrogen-bond acceptors (Lipinski definition) is 4. The van der Waals surface area contributed by atoms with Gasteiger partial charge >= 0.3 is 5.97 Å². The summed E-state index contributed by atoms with van der Waals surface area (Å²) in [5.74, 6) is -0.579. The maximum Gasteiger partial charge on any atom is 0.327 e. The van der Waals surface area contributed by atoms with Gasteiger partial charge in [-0.2, -0.15) is 0 Å². The Hall–Kier alpha value is -1.62. The maximum atomic E-state index is 13.2. The highest BCUT2D eigenvalue weighted by Gasteiger charge is 2.28. The number of nitrogens with one attached hydrogen (secondary N) is 1. The second kappa shape index (κ2) is 5.35. The molecule has 1 saturated carbocycles. The van der Waals surface area contributed by atoms with Gasteiger partial charge in [-0.05, 0) is 43.5 Å². The number of benzene rings is 1. The highest BCUT2D eigenvalue weighted by Crippen LogP contribution is 2.30. The van der Waals surface area contributed by atoms with Crippen molar-refractivity contribution in [3.63, 3.8) is 0 Å². The Bertz CT molecular complexity index is 446. The van der Waals surface area contributed by atoms with E-state index in [1.807, 2.05) is 0 Å². The van der Waals surface area contributed by atoms with Crippen LogP contribution in [0, 0.1) is 11.7 Å². The Morgan fingerprint density at radius 1 is 1.61 bits per heavy atom. The number of phenolic OH excluding ortho intramolecular Hbond substituents is 1. The zero-order valence-electron chi connectivity index (χ0n) is 10.1. The van der Waals surface area contributed by atoms with Gasteiger partial charge in [-0.3, -0.25) is 0 Å². The fourth-order valence-electron chi connectivity index (χ4n) is 1.80. The van der Waals surface area contributed by atoms with Crippen LogP contribution in [-0.2, 0) is 9.53 Å². The average Bonchev–Trinajstić information content (AvgIpc) is 3.17. The van der Waals surface area contributed by atoms with Gasteiger partial charge in [0.15, 0.2) is 0 Å². The number of esters is 1.